The third-order valence-corrected chi connectivity index (χ3v) is 8.31. The average Bonchev–Trinajstić information content (AvgIpc) is 3.51. The molecule has 0 spiro atoms. The Hall–Kier alpha value is -2.16. The molecule has 0 aliphatic heterocycles. The van der Waals surface area contributed by atoms with Crippen LogP contribution in [0, 0.1) is 11.8 Å². The number of aryl methyl sites for hydroxylation is 1. The molecule has 11 nitrogen and oxygen atoms in total. The van der Waals surface area contributed by atoms with Crippen molar-refractivity contribution in [1.29, 1.82) is 5.26 Å². The van der Waals surface area contributed by atoms with E-state index in [0.29, 0.717) is 25.5 Å². The Morgan fingerprint density at radius 2 is 1.49 bits per heavy atom. The number of fused-ring (bicyclic) bond motifs is 1. The highest BCUT2D eigenvalue weighted by atomic mass is 31.2. The van der Waals surface area contributed by atoms with Gasteiger partial charge in [-0.25, -0.2) is 14.8 Å². The van der Waals surface area contributed by atoms with Crippen molar-refractivity contribution in [3.8, 4) is 6.57 Å². The fourth-order valence-electron chi connectivity index (χ4n) is 4.76. The molecule has 0 saturated carbocycles. The van der Waals surface area contributed by atoms with Crippen LogP contribution in [0.1, 0.15) is 122 Å². The Kier molecular flexibility index (Phi) is 30.9. The average molecular weight is 682 g/mol. The van der Waals surface area contributed by atoms with E-state index in [1.54, 1.807) is 18.5 Å². The standard InChI is InChI=1S/C30H55N4O5P.C4H8O.CHN/c1-3-4-5-6-7-8-9-10-11-12-13-14-15-16-22-37-23-17-24-38-40(35)39-25-28(36-2)20-18-27-19-21-29-30(31)32-26-33-34(27)29;1-4(2)3-5;1-2/h19,21,26,28,35H,3-18,20,22-25H2,1-2H3,(H2,31,32,33);5H,1,3H2,2H3;1H. The van der Waals surface area contributed by atoms with Gasteiger partial charge in [0.1, 0.15) is 11.8 Å². The summed E-state index contributed by atoms with van der Waals surface area (Å²) in [6.45, 7) is 13.2. The minimum absolute atomic E-state index is 0.111. The van der Waals surface area contributed by atoms with Crippen molar-refractivity contribution in [3.05, 3.63) is 36.3 Å². The van der Waals surface area contributed by atoms with Gasteiger partial charge >= 0.3 is 8.60 Å². The van der Waals surface area contributed by atoms with Gasteiger partial charge in [-0.3, -0.25) is 0 Å². The molecule has 2 rings (SSSR count). The molecule has 2 heterocycles. The van der Waals surface area contributed by atoms with Crippen molar-refractivity contribution in [2.45, 2.75) is 129 Å². The molecule has 2 unspecified atom stereocenters. The molecule has 0 saturated heterocycles. The SMILES string of the molecule is C#N.C=C(C)CO.CCCCCCCCCCCCCCCCOCCCOP(O)OCC(CCc1ccc2c(N)ncnn12)OC. The smallest absolute Gasteiger partial charge is 0.329 e. The maximum Gasteiger partial charge on any atom is 0.329 e. The van der Waals surface area contributed by atoms with Gasteiger partial charge in [-0.1, -0.05) is 103 Å². The summed E-state index contributed by atoms with van der Waals surface area (Å²) in [5, 5.41) is 18.8. The lowest BCUT2D eigenvalue weighted by Crippen LogP contribution is -2.18. The summed E-state index contributed by atoms with van der Waals surface area (Å²) in [5.41, 5.74) is 8.51. The second kappa shape index (κ2) is 32.4. The lowest BCUT2D eigenvalue weighted by atomic mass is 10.0. The van der Waals surface area contributed by atoms with Gasteiger partial charge in [-0.15, -0.1) is 0 Å². The highest BCUT2D eigenvalue weighted by Gasteiger charge is 2.15. The van der Waals surface area contributed by atoms with Crippen molar-refractivity contribution in [2.24, 2.45) is 0 Å². The Bertz CT molecular complexity index is 1020. The van der Waals surface area contributed by atoms with Crippen molar-refractivity contribution >= 4 is 19.9 Å². The third kappa shape index (κ3) is 24.6. The maximum atomic E-state index is 10.1. The fourth-order valence-corrected chi connectivity index (χ4v) is 5.42. The van der Waals surface area contributed by atoms with Gasteiger partial charge in [0.05, 0.1) is 25.9 Å². The number of ether oxygens (including phenoxy) is 2. The number of aliphatic hydroxyl groups excluding tert-OH is 1. The van der Waals surface area contributed by atoms with Crippen LogP contribution >= 0.6 is 8.60 Å². The third-order valence-electron chi connectivity index (χ3n) is 7.53. The van der Waals surface area contributed by atoms with Crippen LogP contribution in [-0.4, -0.2) is 70.8 Å². The summed E-state index contributed by atoms with van der Waals surface area (Å²) >= 11 is 0. The molecule has 0 aliphatic rings. The summed E-state index contributed by atoms with van der Waals surface area (Å²) in [7, 11) is -0.291. The maximum absolute atomic E-state index is 10.1. The second-order valence-corrected chi connectivity index (χ2v) is 12.7. The molecular weight excluding hydrogens is 617 g/mol. The molecule has 270 valence electrons. The van der Waals surface area contributed by atoms with Crippen LogP contribution in [0.5, 0.6) is 0 Å². The number of aromatic nitrogens is 3. The minimum atomic E-state index is -1.93. The number of methoxy groups -OCH3 is 1. The van der Waals surface area contributed by atoms with Crippen molar-refractivity contribution in [1.82, 2.24) is 14.6 Å². The molecule has 0 aliphatic carbocycles. The first-order chi connectivity index (χ1) is 22.9. The van der Waals surface area contributed by atoms with Gasteiger partial charge in [0, 0.05) is 32.6 Å². The molecule has 4 N–H and O–H groups in total. The monoisotopic (exact) mass is 681 g/mol. The van der Waals surface area contributed by atoms with E-state index < -0.39 is 8.60 Å². The van der Waals surface area contributed by atoms with Crippen molar-refractivity contribution in [2.75, 3.05) is 45.9 Å². The lowest BCUT2D eigenvalue weighted by Gasteiger charge is -2.17. The largest absolute Gasteiger partial charge is 0.392 e. The first-order valence-corrected chi connectivity index (χ1v) is 18.5. The molecule has 0 radical (unpaired) electrons. The summed E-state index contributed by atoms with van der Waals surface area (Å²) in [4.78, 5) is 14.1. The van der Waals surface area contributed by atoms with E-state index in [2.05, 4.69) is 30.2 Å². The number of aliphatic hydroxyl groups is 1. The van der Waals surface area contributed by atoms with Gasteiger partial charge in [0.15, 0.2) is 5.82 Å². The molecule has 0 aromatic carbocycles. The predicted octanol–water partition coefficient (Wildman–Crippen LogP) is 8.09. The molecular formula is C35H64N5O6P. The molecule has 2 aromatic heterocycles. The molecule has 47 heavy (non-hydrogen) atoms. The van der Waals surface area contributed by atoms with Gasteiger partial charge < -0.3 is 34.3 Å². The van der Waals surface area contributed by atoms with Crippen LogP contribution in [-0.2, 0) is 24.9 Å². The summed E-state index contributed by atoms with van der Waals surface area (Å²) in [6.07, 6.45) is 22.5. The number of rotatable bonds is 28. The van der Waals surface area contributed by atoms with Gasteiger partial charge in [-0.2, -0.15) is 5.10 Å². The molecule has 0 fully saturated rings. The summed E-state index contributed by atoms with van der Waals surface area (Å²) < 4.78 is 23.9. The molecule has 0 amide bonds. The van der Waals surface area contributed by atoms with Crippen molar-refractivity contribution in [3.63, 3.8) is 0 Å². The first kappa shape index (κ1) is 44.8. The van der Waals surface area contributed by atoms with E-state index in [4.69, 9.17) is 34.6 Å². The Labute approximate surface area is 285 Å². The second-order valence-electron chi connectivity index (χ2n) is 11.7. The number of hydrogen-bond acceptors (Lipinski definition) is 10. The van der Waals surface area contributed by atoms with Crippen LogP contribution < -0.4 is 5.73 Å². The van der Waals surface area contributed by atoms with Gasteiger partial charge in [0.2, 0.25) is 0 Å². The van der Waals surface area contributed by atoms with Crippen LogP contribution in [0.25, 0.3) is 5.52 Å². The number of nitrogens with two attached hydrogens (primary N) is 1. The Morgan fingerprint density at radius 1 is 0.936 bits per heavy atom. The number of hydrogen-bond donors (Lipinski definition) is 3. The van der Waals surface area contributed by atoms with Gasteiger partial charge in [0.25, 0.3) is 0 Å². The lowest BCUT2D eigenvalue weighted by molar-refractivity contribution is 0.0429. The van der Waals surface area contributed by atoms with Crippen LogP contribution in [0.2, 0.25) is 0 Å². The van der Waals surface area contributed by atoms with E-state index >= 15 is 0 Å². The van der Waals surface area contributed by atoms with Crippen LogP contribution in [0.3, 0.4) is 0 Å². The number of anilines is 1. The topological polar surface area (TPSA) is 157 Å². The molecule has 2 atom stereocenters. The van der Waals surface area contributed by atoms with Crippen LogP contribution in [0.15, 0.2) is 30.6 Å². The quantitative estimate of drug-likeness (QED) is 0.0455. The van der Waals surface area contributed by atoms with Crippen molar-refractivity contribution < 1.29 is 28.5 Å². The molecule has 12 heteroatoms. The zero-order valence-electron chi connectivity index (χ0n) is 29.5. The minimum Gasteiger partial charge on any atom is -0.392 e. The fraction of sp³-hybridized carbons (Fsp3) is 0.743. The van der Waals surface area contributed by atoms with E-state index in [0.717, 1.165) is 42.7 Å². The zero-order valence-corrected chi connectivity index (χ0v) is 30.4. The first-order valence-electron chi connectivity index (χ1n) is 17.4. The van der Waals surface area contributed by atoms with Crippen LogP contribution in [0.4, 0.5) is 5.82 Å². The molecule has 0 bridgehead atoms. The zero-order chi connectivity index (χ0) is 35.0. The van der Waals surface area contributed by atoms with E-state index in [1.165, 1.54) is 89.8 Å². The highest BCUT2D eigenvalue weighted by Crippen LogP contribution is 2.33. The van der Waals surface area contributed by atoms with E-state index in [1.807, 2.05) is 12.1 Å². The van der Waals surface area contributed by atoms with Gasteiger partial charge in [-0.05, 0) is 44.7 Å². The molecule has 2 aromatic rings. The summed E-state index contributed by atoms with van der Waals surface area (Å²) in [5.74, 6) is 0.455. The van der Waals surface area contributed by atoms with E-state index in [-0.39, 0.29) is 19.3 Å². The number of unbranched alkanes of at least 4 members (excludes halogenated alkanes) is 13. The number of nitriles is 1. The highest BCUT2D eigenvalue weighted by molar-refractivity contribution is 7.40. The Morgan fingerprint density at radius 3 is 2.04 bits per heavy atom. The summed E-state index contributed by atoms with van der Waals surface area (Å²) in [6, 6.07) is 3.89. The normalized spacial score (nSPS) is 12.1. The number of nitrogen functional groups attached to an aromatic ring is 1. The number of nitrogens with zero attached hydrogens (tertiary/aromatic N) is 4. The van der Waals surface area contributed by atoms with E-state index in [9.17, 15) is 4.89 Å². The Balaban J connectivity index is 0.00000275. The predicted molar refractivity (Wildman–Crippen MR) is 192 cm³/mol.